The summed E-state index contributed by atoms with van der Waals surface area (Å²) in [7, 11) is 0. The lowest BCUT2D eigenvalue weighted by Gasteiger charge is -2.30. The molecule has 0 bridgehead atoms. The van der Waals surface area contributed by atoms with E-state index in [1.807, 2.05) is 36.4 Å². The number of hydrogen-bond donors (Lipinski definition) is 2. The smallest absolute Gasteiger partial charge is 0.408 e. The second-order valence-electron chi connectivity index (χ2n) is 6.51. The first kappa shape index (κ1) is 17.4. The molecule has 7 nitrogen and oxygen atoms in total. The van der Waals surface area contributed by atoms with E-state index in [0.717, 1.165) is 30.0 Å². The zero-order chi connectivity index (χ0) is 18.6. The number of aromatic amines is 1. The highest BCUT2D eigenvalue weighted by atomic mass is 16.5. The van der Waals surface area contributed by atoms with Crippen LogP contribution in [0.25, 0.3) is 11.1 Å². The quantitative estimate of drug-likeness (QED) is 0.724. The molecule has 0 aliphatic carbocycles. The van der Waals surface area contributed by atoms with Gasteiger partial charge in [0.15, 0.2) is 5.58 Å². The zero-order valence-electron chi connectivity index (χ0n) is 14.9. The number of hydrogen-bond acceptors (Lipinski definition) is 5. The Morgan fingerprint density at radius 2 is 1.96 bits per heavy atom. The van der Waals surface area contributed by atoms with E-state index in [0.29, 0.717) is 37.2 Å². The molecule has 1 aromatic heterocycles. The van der Waals surface area contributed by atoms with Crippen LogP contribution in [0.4, 0.5) is 11.4 Å². The highest BCUT2D eigenvalue weighted by Crippen LogP contribution is 2.26. The van der Waals surface area contributed by atoms with Gasteiger partial charge in [-0.05, 0) is 36.2 Å². The molecular formula is C20H21N3O4. The van der Waals surface area contributed by atoms with E-state index >= 15 is 0 Å². The molecule has 3 aromatic rings. The largest absolute Gasteiger partial charge is 0.417 e. The lowest BCUT2D eigenvalue weighted by Crippen LogP contribution is -2.36. The number of carbonyl (C=O) groups excluding carboxylic acids is 1. The molecule has 1 aliphatic rings. The molecule has 140 valence electrons. The van der Waals surface area contributed by atoms with Crippen LogP contribution < -0.4 is 16.0 Å². The number of carbonyl (C=O) groups is 1. The maximum atomic E-state index is 12.5. The first-order valence-corrected chi connectivity index (χ1v) is 9.02. The molecule has 2 aromatic carbocycles. The third-order valence-electron chi connectivity index (χ3n) is 4.65. The van der Waals surface area contributed by atoms with Gasteiger partial charge >= 0.3 is 5.76 Å². The van der Waals surface area contributed by atoms with Gasteiger partial charge in [0, 0.05) is 19.5 Å². The van der Waals surface area contributed by atoms with Gasteiger partial charge in [-0.3, -0.25) is 9.78 Å². The number of rotatable bonds is 5. The summed E-state index contributed by atoms with van der Waals surface area (Å²) in [5.41, 5.74) is 3.98. The molecule has 1 saturated heterocycles. The summed E-state index contributed by atoms with van der Waals surface area (Å²) >= 11 is 0. The second-order valence-corrected chi connectivity index (χ2v) is 6.51. The Bertz CT molecular complexity index is 1000. The summed E-state index contributed by atoms with van der Waals surface area (Å²) in [6.07, 6.45) is 0.930. The van der Waals surface area contributed by atoms with Crippen molar-refractivity contribution in [2.45, 2.75) is 12.8 Å². The van der Waals surface area contributed by atoms with Crippen LogP contribution in [0, 0.1) is 0 Å². The van der Waals surface area contributed by atoms with Crippen molar-refractivity contribution >= 4 is 28.4 Å². The van der Waals surface area contributed by atoms with Crippen molar-refractivity contribution in [3.8, 4) is 0 Å². The molecule has 0 unspecified atom stereocenters. The van der Waals surface area contributed by atoms with Crippen LogP contribution in [-0.4, -0.2) is 37.2 Å². The molecular weight excluding hydrogens is 346 g/mol. The Hall–Kier alpha value is -3.06. The number of aromatic nitrogens is 1. The van der Waals surface area contributed by atoms with Crippen molar-refractivity contribution in [1.29, 1.82) is 0 Å². The van der Waals surface area contributed by atoms with Crippen LogP contribution in [0.1, 0.15) is 12.0 Å². The number of H-pyrrole nitrogens is 1. The second kappa shape index (κ2) is 7.67. The normalized spacial score (nSPS) is 14.4. The summed E-state index contributed by atoms with van der Waals surface area (Å²) < 4.78 is 10.4. The van der Waals surface area contributed by atoms with Gasteiger partial charge < -0.3 is 19.4 Å². The monoisotopic (exact) mass is 367 g/mol. The lowest BCUT2D eigenvalue weighted by molar-refractivity contribution is -0.116. The van der Waals surface area contributed by atoms with E-state index in [-0.39, 0.29) is 5.91 Å². The van der Waals surface area contributed by atoms with Crippen molar-refractivity contribution in [2.24, 2.45) is 0 Å². The van der Waals surface area contributed by atoms with Crippen LogP contribution in [0.15, 0.2) is 51.7 Å². The molecule has 1 amide bonds. The molecule has 4 rings (SSSR count). The zero-order valence-corrected chi connectivity index (χ0v) is 14.9. The van der Waals surface area contributed by atoms with Crippen molar-refractivity contribution < 1.29 is 13.9 Å². The van der Waals surface area contributed by atoms with Crippen molar-refractivity contribution in [2.75, 3.05) is 36.5 Å². The molecule has 2 N–H and O–H groups in total. The summed E-state index contributed by atoms with van der Waals surface area (Å²) in [6, 6.07) is 13.3. The molecule has 1 aliphatic heterocycles. The minimum absolute atomic E-state index is 0.0449. The number of anilines is 2. The fourth-order valence-electron chi connectivity index (χ4n) is 3.28. The van der Waals surface area contributed by atoms with Gasteiger partial charge in [-0.25, -0.2) is 4.79 Å². The molecule has 2 heterocycles. The highest BCUT2D eigenvalue weighted by molar-refractivity contribution is 5.94. The Labute approximate surface area is 155 Å². The van der Waals surface area contributed by atoms with Gasteiger partial charge in [-0.2, -0.15) is 0 Å². The summed E-state index contributed by atoms with van der Waals surface area (Å²) in [5, 5.41) is 3.02. The molecule has 1 fully saturated rings. The van der Waals surface area contributed by atoms with Gasteiger partial charge in [0.25, 0.3) is 0 Å². The van der Waals surface area contributed by atoms with E-state index in [1.165, 1.54) is 0 Å². The number of morpholine rings is 1. The number of nitrogens with one attached hydrogen (secondary N) is 2. The van der Waals surface area contributed by atoms with Gasteiger partial charge in [-0.1, -0.05) is 18.2 Å². The summed E-state index contributed by atoms with van der Waals surface area (Å²) in [4.78, 5) is 28.5. The fourth-order valence-corrected chi connectivity index (χ4v) is 3.28. The van der Waals surface area contributed by atoms with Crippen LogP contribution in [0.5, 0.6) is 0 Å². The van der Waals surface area contributed by atoms with Gasteiger partial charge in [0.1, 0.15) is 0 Å². The first-order valence-electron chi connectivity index (χ1n) is 9.02. The maximum absolute atomic E-state index is 12.5. The van der Waals surface area contributed by atoms with Crippen LogP contribution >= 0.6 is 0 Å². The predicted molar refractivity (Wildman–Crippen MR) is 103 cm³/mol. The van der Waals surface area contributed by atoms with E-state index in [1.54, 1.807) is 6.07 Å². The Kier molecular flexibility index (Phi) is 4.93. The molecule has 7 heteroatoms. The average Bonchev–Trinajstić information content (AvgIpc) is 3.07. The van der Waals surface area contributed by atoms with E-state index in [4.69, 9.17) is 9.15 Å². The van der Waals surface area contributed by atoms with Gasteiger partial charge in [0.05, 0.1) is 30.1 Å². The topological polar surface area (TPSA) is 87.6 Å². The number of ether oxygens (including phenoxy) is 1. The van der Waals surface area contributed by atoms with Gasteiger partial charge in [-0.15, -0.1) is 0 Å². The lowest BCUT2D eigenvalue weighted by atomic mass is 10.1. The molecule has 27 heavy (non-hydrogen) atoms. The first-order chi connectivity index (χ1) is 13.2. The van der Waals surface area contributed by atoms with Crippen LogP contribution in [0.2, 0.25) is 0 Å². The Balaban J connectivity index is 1.41. The summed E-state index contributed by atoms with van der Waals surface area (Å²) in [6.45, 7) is 3.02. The SMILES string of the molecule is O=C(CCc1ccc2oc(=O)[nH]c2c1)Nc1ccccc1N1CCOCC1. The standard InChI is InChI=1S/C20H21N3O4/c24-19(8-6-14-5-7-18-16(13-14)22-20(25)27-18)21-15-3-1-2-4-17(15)23-9-11-26-12-10-23/h1-5,7,13H,6,8-12H2,(H,21,24)(H,22,25). The van der Waals surface area contributed by atoms with Crippen LogP contribution in [0.3, 0.4) is 0 Å². The van der Waals surface area contributed by atoms with Crippen molar-refractivity contribution in [1.82, 2.24) is 4.98 Å². The van der Waals surface area contributed by atoms with E-state index < -0.39 is 5.76 Å². The predicted octanol–water partition coefficient (Wildman–Crippen LogP) is 2.53. The number of aryl methyl sites for hydroxylation is 1. The third-order valence-corrected chi connectivity index (χ3v) is 4.65. The molecule has 0 radical (unpaired) electrons. The molecule has 0 spiro atoms. The maximum Gasteiger partial charge on any atom is 0.417 e. The Morgan fingerprint density at radius 3 is 2.81 bits per heavy atom. The van der Waals surface area contributed by atoms with Crippen molar-refractivity contribution in [3.05, 3.63) is 58.6 Å². The third kappa shape index (κ3) is 4.03. The highest BCUT2D eigenvalue weighted by Gasteiger charge is 2.15. The summed E-state index contributed by atoms with van der Waals surface area (Å²) in [5.74, 6) is -0.517. The minimum atomic E-state index is -0.473. The number of amides is 1. The number of oxazole rings is 1. The number of benzene rings is 2. The average molecular weight is 367 g/mol. The Morgan fingerprint density at radius 1 is 1.15 bits per heavy atom. The van der Waals surface area contributed by atoms with Gasteiger partial charge in [0.2, 0.25) is 5.91 Å². The molecule has 0 saturated carbocycles. The number of para-hydroxylation sites is 2. The number of fused-ring (bicyclic) bond motifs is 1. The molecule has 0 atom stereocenters. The van der Waals surface area contributed by atoms with E-state index in [9.17, 15) is 9.59 Å². The van der Waals surface area contributed by atoms with Crippen LogP contribution in [-0.2, 0) is 16.0 Å². The van der Waals surface area contributed by atoms with E-state index in [2.05, 4.69) is 15.2 Å². The fraction of sp³-hybridized carbons (Fsp3) is 0.300. The number of nitrogens with zero attached hydrogens (tertiary/aromatic N) is 1. The van der Waals surface area contributed by atoms with Crippen molar-refractivity contribution in [3.63, 3.8) is 0 Å². The minimum Gasteiger partial charge on any atom is -0.408 e.